The van der Waals surface area contributed by atoms with E-state index in [4.69, 9.17) is 0 Å². The first-order valence-electron chi connectivity index (χ1n) is 5.60. The summed E-state index contributed by atoms with van der Waals surface area (Å²) >= 11 is 0. The number of nitrogens with zero attached hydrogens (tertiary/aromatic N) is 3. The van der Waals surface area contributed by atoms with Gasteiger partial charge >= 0.3 is 0 Å². The third-order valence-electron chi connectivity index (χ3n) is 3.16. The van der Waals surface area contributed by atoms with Crippen LogP contribution in [0, 0.1) is 0 Å². The number of rotatable bonds is 1. The van der Waals surface area contributed by atoms with Crippen molar-refractivity contribution in [1.82, 2.24) is 14.5 Å². The first kappa shape index (κ1) is 10.1. The fraction of sp³-hybridized carbons (Fsp3) is 0.231. The van der Waals surface area contributed by atoms with Gasteiger partial charge in [0.2, 0.25) is 5.91 Å². The second-order valence-corrected chi connectivity index (χ2v) is 4.30. The number of fused-ring (bicyclic) bond motifs is 1. The molecule has 1 aliphatic heterocycles. The van der Waals surface area contributed by atoms with Gasteiger partial charge < -0.3 is 9.47 Å². The number of carbonyl (C=O) groups is 1. The van der Waals surface area contributed by atoms with E-state index >= 15 is 0 Å². The van der Waals surface area contributed by atoms with E-state index in [1.165, 1.54) is 11.1 Å². The van der Waals surface area contributed by atoms with Gasteiger partial charge in [-0.3, -0.25) is 4.79 Å². The average Bonchev–Trinajstić information content (AvgIpc) is 2.97. The average molecular weight is 227 g/mol. The van der Waals surface area contributed by atoms with Crippen molar-refractivity contribution in [2.24, 2.45) is 0 Å². The molecule has 0 saturated carbocycles. The molecule has 4 nitrogen and oxygen atoms in total. The van der Waals surface area contributed by atoms with Crippen molar-refractivity contribution in [3.05, 3.63) is 48.0 Å². The van der Waals surface area contributed by atoms with Gasteiger partial charge in [-0.15, -0.1) is 0 Å². The molecule has 0 fully saturated rings. The zero-order valence-corrected chi connectivity index (χ0v) is 9.63. The summed E-state index contributed by atoms with van der Waals surface area (Å²) < 4.78 is 1.97. The van der Waals surface area contributed by atoms with Crippen molar-refractivity contribution in [3.63, 3.8) is 0 Å². The molecule has 86 valence electrons. The highest BCUT2D eigenvalue weighted by Crippen LogP contribution is 2.25. The highest BCUT2D eigenvalue weighted by atomic mass is 16.2. The Morgan fingerprint density at radius 1 is 1.29 bits per heavy atom. The van der Waals surface area contributed by atoms with E-state index in [9.17, 15) is 4.79 Å². The summed E-state index contributed by atoms with van der Waals surface area (Å²) in [5.41, 5.74) is 3.56. The van der Waals surface area contributed by atoms with Crippen LogP contribution in [0.2, 0.25) is 0 Å². The molecule has 0 bridgehead atoms. The summed E-state index contributed by atoms with van der Waals surface area (Å²) in [7, 11) is 0. The van der Waals surface area contributed by atoms with Gasteiger partial charge in [-0.2, -0.15) is 0 Å². The normalized spacial score (nSPS) is 13.8. The first-order valence-corrected chi connectivity index (χ1v) is 5.60. The predicted molar refractivity (Wildman–Crippen MR) is 63.5 cm³/mol. The van der Waals surface area contributed by atoms with Crippen LogP contribution in [-0.4, -0.2) is 20.4 Å². The molecule has 2 heterocycles. The summed E-state index contributed by atoms with van der Waals surface area (Å²) in [5.74, 6) is 0.130. The Hall–Kier alpha value is -2.10. The van der Waals surface area contributed by atoms with Crippen molar-refractivity contribution in [1.29, 1.82) is 0 Å². The molecule has 1 amide bonds. The molecule has 0 atom stereocenters. The summed E-state index contributed by atoms with van der Waals surface area (Å²) in [6.07, 6.45) is 5.45. The summed E-state index contributed by atoms with van der Waals surface area (Å²) in [4.78, 5) is 17.2. The summed E-state index contributed by atoms with van der Waals surface area (Å²) in [6.45, 7) is 3.06. The maximum atomic E-state index is 11.3. The quantitative estimate of drug-likeness (QED) is 0.744. The van der Waals surface area contributed by atoms with E-state index in [-0.39, 0.29) is 5.91 Å². The van der Waals surface area contributed by atoms with Crippen molar-refractivity contribution >= 4 is 5.91 Å². The van der Waals surface area contributed by atoms with Gasteiger partial charge in [0.05, 0.1) is 6.33 Å². The van der Waals surface area contributed by atoms with Crippen LogP contribution in [-0.2, 0) is 17.9 Å². The van der Waals surface area contributed by atoms with Crippen LogP contribution in [0.1, 0.15) is 18.1 Å². The minimum absolute atomic E-state index is 0.130. The topological polar surface area (TPSA) is 38.1 Å². The number of hydrogen-bond donors (Lipinski definition) is 0. The van der Waals surface area contributed by atoms with E-state index in [0.717, 1.165) is 12.2 Å². The van der Waals surface area contributed by atoms with E-state index in [1.807, 2.05) is 15.7 Å². The lowest BCUT2D eigenvalue weighted by Gasteiger charge is -2.11. The second-order valence-electron chi connectivity index (χ2n) is 4.30. The van der Waals surface area contributed by atoms with Crippen LogP contribution in [0.15, 0.2) is 36.9 Å². The third-order valence-corrected chi connectivity index (χ3v) is 3.16. The Morgan fingerprint density at radius 3 is 2.82 bits per heavy atom. The van der Waals surface area contributed by atoms with E-state index in [0.29, 0.717) is 6.54 Å². The van der Waals surface area contributed by atoms with Crippen LogP contribution < -0.4 is 0 Å². The molecule has 17 heavy (non-hydrogen) atoms. The van der Waals surface area contributed by atoms with E-state index in [2.05, 4.69) is 23.2 Å². The highest BCUT2D eigenvalue weighted by molar-refractivity contribution is 5.74. The zero-order valence-electron chi connectivity index (χ0n) is 9.63. The molecule has 0 unspecified atom stereocenters. The molecule has 1 aromatic heterocycles. The fourth-order valence-electron chi connectivity index (χ4n) is 2.18. The monoisotopic (exact) mass is 227 g/mol. The molecule has 4 heteroatoms. The minimum atomic E-state index is 0.130. The Morgan fingerprint density at radius 2 is 2.12 bits per heavy atom. The van der Waals surface area contributed by atoms with Gasteiger partial charge in [-0.1, -0.05) is 6.07 Å². The molecule has 0 radical (unpaired) electrons. The Kier molecular flexibility index (Phi) is 2.21. The molecular weight excluding hydrogens is 214 g/mol. The lowest BCUT2D eigenvalue weighted by Crippen LogP contribution is -2.21. The number of benzene rings is 1. The summed E-state index contributed by atoms with van der Waals surface area (Å²) in [5, 5.41) is 0. The highest BCUT2D eigenvalue weighted by Gasteiger charge is 2.20. The zero-order chi connectivity index (χ0) is 11.8. The van der Waals surface area contributed by atoms with Crippen LogP contribution in [0.25, 0.3) is 5.69 Å². The SMILES string of the molecule is CC(=O)N1Cc2ccc(-n3ccnc3)cc2C1. The molecule has 1 aliphatic rings. The Balaban J connectivity index is 1.95. The molecule has 0 saturated heterocycles. The van der Waals surface area contributed by atoms with Crippen molar-refractivity contribution in [2.75, 3.05) is 0 Å². The Bertz CT molecular complexity index is 560. The van der Waals surface area contributed by atoms with E-state index in [1.54, 1.807) is 19.4 Å². The van der Waals surface area contributed by atoms with Crippen molar-refractivity contribution in [3.8, 4) is 5.69 Å². The molecule has 0 N–H and O–H groups in total. The summed E-state index contributed by atoms with van der Waals surface area (Å²) in [6, 6.07) is 6.28. The van der Waals surface area contributed by atoms with Crippen molar-refractivity contribution in [2.45, 2.75) is 20.0 Å². The lowest BCUT2D eigenvalue weighted by molar-refractivity contribution is -0.129. The fourth-order valence-corrected chi connectivity index (χ4v) is 2.18. The molecule has 0 spiro atoms. The second kappa shape index (κ2) is 3.73. The van der Waals surface area contributed by atoms with Crippen LogP contribution in [0.5, 0.6) is 0 Å². The smallest absolute Gasteiger partial charge is 0.220 e. The number of amides is 1. The van der Waals surface area contributed by atoms with Gasteiger partial charge in [0.1, 0.15) is 0 Å². The molecule has 1 aromatic carbocycles. The molecular formula is C13H13N3O. The number of aromatic nitrogens is 2. The van der Waals surface area contributed by atoms with Gasteiger partial charge in [0.25, 0.3) is 0 Å². The maximum absolute atomic E-state index is 11.3. The third kappa shape index (κ3) is 1.71. The number of hydrogen-bond acceptors (Lipinski definition) is 2. The van der Waals surface area contributed by atoms with Crippen LogP contribution in [0.3, 0.4) is 0 Å². The predicted octanol–water partition coefficient (Wildman–Crippen LogP) is 1.73. The van der Waals surface area contributed by atoms with Crippen LogP contribution >= 0.6 is 0 Å². The van der Waals surface area contributed by atoms with Gasteiger partial charge in [0, 0.05) is 38.1 Å². The van der Waals surface area contributed by atoms with Gasteiger partial charge in [0.15, 0.2) is 0 Å². The number of imidazole rings is 1. The maximum Gasteiger partial charge on any atom is 0.220 e. The van der Waals surface area contributed by atoms with Crippen molar-refractivity contribution < 1.29 is 4.79 Å². The largest absolute Gasteiger partial charge is 0.334 e. The molecule has 2 aromatic rings. The lowest BCUT2D eigenvalue weighted by atomic mass is 10.1. The van der Waals surface area contributed by atoms with E-state index < -0.39 is 0 Å². The van der Waals surface area contributed by atoms with Crippen LogP contribution in [0.4, 0.5) is 0 Å². The van der Waals surface area contributed by atoms with Gasteiger partial charge in [-0.05, 0) is 23.3 Å². The number of carbonyl (C=O) groups excluding carboxylic acids is 1. The standard InChI is InChI=1S/C13H13N3O/c1-10(17)16-7-11-2-3-13(6-12(11)8-16)15-5-4-14-9-15/h2-6,9H,7-8H2,1H3. The molecule has 0 aliphatic carbocycles. The first-order chi connectivity index (χ1) is 8.24. The minimum Gasteiger partial charge on any atom is -0.334 e. The van der Waals surface area contributed by atoms with Gasteiger partial charge in [-0.25, -0.2) is 4.98 Å². The Labute approximate surface area is 99.5 Å². The molecule has 3 rings (SSSR count).